The Labute approximate surface area is 176 Å². The lowest BCUT2D eigenvalue weighted by molar-refractivity contribution is -0.127. The minimum absolute atomic E-state index is 0.100. The molecule has 0 radical (unpaired) electrons. The molecule has 1 aromatic carbocycles. The predicted molar refractivity (Wildman–Crippen MR) is 113 cm³/mol. The van der Waals surface area contributed by atoms with Crippen LogP contribution in [0.15, 0.2) is 51.2 Å². The van der Waals surface area contributed by atoms with Crippen molar-refractivity contribution in [2.24, 2.45) is 0 Å². The molecule has 0 spiro atoms. The van der Waals surface area contributed by atoms with Crippen molar-refractivity contribution in [2.45, 2.75) is 11.8 Å². The normalized spacial score (nSPS) is 15.9. The molecule has 0 unspecified atom stereocenters. The van der Waals surface area contributed by atoms with E-state index in [9.17, 15) is 18.0 Å². The van der Waals surface area contributed by atoms with Crippen LogP contribution in [0, 0.1) is 0 Å². The van der Waals surface area contributed by atoms with E-state index >= 15 is 0 Å². The van der Waals surface area contributed by atoms with Gasteiger partial charge in [0.05, 0.1) is 8.68 Å². The summed E-state index contributed by atoms with van der Waals surface area (Å²) in [6.07, 6.45) is 3.27. The molecule has 1 aromatic heterocycles. The lowest BCUT2D eigenvalue weighted by Gasteiger charge is -2.33. The topological polar surface area (TPSA) is 74.8 Å². The fraction of sp³-hybridized carbons (Fsp3) is 0.263. The Morgan fingerprint density at radius 1 is 1.11 bits per heavy atom. The zero-order valence-electron chi connectivity index (χ0n) is 15.2. The highest BCUT2D eigenvalue weighted by Crippen LogP contribution is 2.23. The summed E-state index contributed by atoms with van der Waals surface area (Å²) in [6.45, 7) is 2.48. The molecular formula is C19H19BrN2O4S2. The van der Waals surface area contributed by atoms with Crippen LogP contribution in [0.4, 0.5) is 0 Å². The molecule has 9 heteroatoms. The van der Waals surface area contributed by atoms with E-state index in [0.29, 0.717) is 18.7 Å². The highest BCUT2D eigenvalue weighted by atomic mass is 79.9. The van der Waals surface area contributed by atoms with Gasteiger partial charge in [-0.05, 0) is 53.2 Å². The summed E-state index contributed by atoms with van der Waals surface area (Å²) in [5, 5.41) is 0. The van der Waals surface area contributed by atoms with Crippen LogP contribution in [0.5, 0.6) is 0 Å². The van der Waals surface area contributed by atoms with Crippen LogP contribution in [0.25, 0.3) is 6.08 Å². The molecule has 28 heavy (non-hydrogen) atoms. The van der Waals surface area contributed by atoms with Gasteiger partial charge in [-0.3, -0.25) is 9.59 Å². The number of piperazine rings is 1. The minimum Gasteiger partial charge on any atom is -0.337 e. The summed E-state index contributed by atoms with van der Waals surface area (Å²) in [4.78, 5) is 26.6. The number of Topliss-reactive ketones (excluding diaryl/α,β-unsaturated/α-hetero) is 1. The van der Waals surface area contributed by atoms with Crippen molar-refractivity contribution in [2.75, 3.05) is 26.2 Å². The minimum atomic E-state index is -3.70. The molecule has 2 aromatic rings. The van der Waals surface area contributed by atoms with Gasteiger partial charge in [0, 0.05) is 42.7 Å². The summed E-state index contributed by atoms with van der Waals surface area (Å²) >= 11 is 4.91. The largest absolute Gasteiger partial charge is 0.337 e. The maximum Gasteiger partial charge on any atom is 0.246 e. The molecule has 0 saturated carbocycles. The standard InChI is InChI=1S/C19H19BrN2O4S2/c1-14(23)15-3-2-4-17(13-15)28(25,26)22-11-9-21(10-12-22)19(24)8-6-16-5-7-18(20)27-16/h2-8,13H,9-12H2,1H3/b8-6+. The molecule has 1 amide bonds. The number of halogens is 1. The first-order valence-corrected chi connectivity index (χ1v) is 11.7. The van der Waals surface area contributed by atoms with Crippen molar-refractivity contribution >= 4 is 55.1 Å². The lowest BCUT2D eigenvalue weighted by Crippen LogP contribution is -2.50. The predicted octanol–water partition coefficient (Wildman–Crippen LogP) is 3.26. The third-order valence-electron chi connectivity index (χ3n) is 4.41. The fourth-order valence-electron chi connectivity index (χ4n) is 2.85. The molecule has 3 rings (SSSR count). The highest BCUT2D eigenvalue weighted by molar-refractivity contribution is 9.11. The number of carbonyl (C=O) groups is 2. The van der Waals surface area contributed by atoms with Gasteiger partial charge in [0.1, 0.15) is 0 Å². The molecule has 148 valence electrons. The van der Waals surface area contributed by atoms with Gasteiger partial charge in [-0.25, -0.2) is 8.42 Å². The summed E-state index contributed by atoms with van der Waals surface area (Å²) in [7, 11) is -3.70. The van der Waals surface area contributed by atoms with Crippen LogP contribution < -0.4 is 0 Å². The van der Waals surface area contributed by atoms with Crippen LogP contribution in [0.3, 0.4) is 0 Å². The zero-order chi connectivity index (χ0) is 20.3. The molecule has 0 N–H and O–H groups in total. The SMILES string of the molecule is CC(=O)c1cccc(S(=O)(=O)N2CCN(C(=O)/C=C/c3ccc(Br)s3)CC2)c1. The zero-order valence-corrected chi connectivity index (χ0v) is 18.4. The van der Waals surface area contributed by atoms with E-state index in [-0.39, 0.29) is 29.7 Å². The third-order valence-corrected chi connectivity index (χ3v) is 7.90. The monoisotopic (exact) mass is 482 g/mol. The number of benzene rings is 1. The number of ketones is 1. The summed E-state index contributed by atoms with van der Waals surface area (Å²) in [6, 6.07) is 9.88. The van der Waals surface area contributed by atoms with Crippen molar-refractivity contribution in [3.8, 4) is 0 Å². The molecule has 1 aliphatic heterocycles. The quantitative estimate of drug-likeness (QED) is 0.484. The van der Waals surface area contributed by atoms with E-state index in [0.717, 1.165) is 8.66 Å². The van der Waals surface area contributed by atoms with E-state index in [4.69, 9.17) is 0 Å². The number of sulfonamides is 1. The number of carbonyl (C=O) groups excluding carboxylic acids is 2. The van der Waals surface area contributed by atoms with Gasteiger partial charge < -0.3 is 4.90 Å². The van der Waals surface area contributed by atoms with Crippen LogP contribution in [0.1, 0.15) is 22.2 Å². The Morgan fingerprint density at radius 2 is 1.82 bits per heavy atom. The van der Waals surface area contributed by atoms with E-state index in [1.807, 2.05) is 12.1 Å². The average molecular weight is 483 g/mol. The lowest BCUT2D eigenvalue weighted by atomic mass is 10.2. The van der Waals surface area contributed by atoms with Gasteiger partial charge in [0.15, 0.2) is 5.78 Å². The molecule has 1 fully saturated rings. The van der Waals surface area contributed by atoms with Crippen LogP contribution in [-0.4, -0.2) is 55.5 Å². The Morgan fingerprint density at radius 3 is 2.43 bits per heavy atom. The molecule has 0 aliphatic carbocycles. The van der Waals surface area contributed by atoms with Gasteiger partial charge in [-0.1, -0.05) is 12.1 Å². The number of amides is 1. The Hall–Kier alpha value is -1.81. The molecule has 1 saturated heterocycles. The van der Waals surface area contributed by atoms with Crippen molar-refractivity contribution < 1.29 is 18.0 Å². The fourth-order valence-corrected chi connectivity index (χ4v) is 5.65. The number of rotatable bonds is 5. The van der Waals surface area contributed by atoms with Crippen LogP contribution >= 0.6 is 27.3 Å². The second-order valence-electron chi connectivity index (χ2n) is 6.29. The van der Waals surface area contributed by atoms with Crippen molar-refractivity contribution in [3.05, 3.63) is 56.7 Å². The molecule has 6 nitrogen and oxygen atoms in total. The van der Waals surface area contributed by atoms with Crippen molar-refractivity contribution in [1.82, 2.24) is 9.21 Å². The molecular weight excluding hydrogens is 464 g/mol. The van der Waals surface area contributed by atoms with Crippen molar-refractivity contribution in [1.29, 1.82) is 0 Å². The number of thiophene rings is 1. The Bertz CT molecular complexity index is 1020. The first kappa shape index (κ1) is 20.9. The number of hydrogen-bond acceptors (Lipinski definition) is 5. The third kappa shape index (κ3) is 4.78. The van der Waals surface area contributed by atoms with Gasteiger partial charge >= 0.3 is 0 Å². The number of hydrogen-bond donors (Lipinski definition) is 0. The Balaban J connectivity index is 1.64. The Kier molecular flexibility index (Phi) is 6.49. The van der Waals surface area contributed by atoms with Crippen LogP contribution in [-0.2, 0) is 14.8 Å². The molecule has 2 heterocycles. The van der Waals surface area contributed by atoms with E-state index < -0.39 is 10.0 Å². The second kappa shape index (κ2) is 8.69. The van der Waals surface area contributed by atoms with Gasteiger partial charge in [-0.2, -0.15) is 4.31 Å². The van der Waals surface area contributed by atoms with E-state index in [1.54, 1.807) is 23.1 Å². The smallest absolute Gasteiger partial charge is 0.246 e. The second-order valence-corrected chi connectivity index (χ2v) is 10.7. The number of nitrogens with zero attached hydrogens (tertiary/aromatic N) is 2. The van der Waals surface area contributed by atoms with Crippen LogP contribution in [0.2, 0.25) is 0 Å². The van der Waals surface area contributed by atoms with Gasteiger partial charge in [-0.15, -0.1) is 11.3 Å². The highest BCUT2D eigenvalue weighted by Gasteiger charge is 2.29. The molecule has 1 aliphatic rings. The molecule has 0 atom stereocenters. The summed E-state index contributed by atoms with van der Waals surface area (Å²) < 4.78 is 28.0. The maximum absolute atomic E-state index is 12.8. The maximum atomic E-state index is 12.8. The first-order valence-electron chi connectivity index (χ1n) is 8.61. The molecule has 0 bridgehead atoms. The summed E-state index contributed by atoms with van der Waals surface area (Å²) in [5.41, 5.74) is 0.361. The average Bonchev–Trinajstić information content (AvgIpc) is 3.11. The first-order chi connectivity index (χ1) is 13.3. The summed E-state index contributed by atoms with van der Waals surface area (Å²) in [5.74, 6) is -0.322. The van der Waals surface area contributed by atoms with Gasteiger partial charge in [0.25, 0.3) is 0 Å². The van der Waals surface area contributed by atoms with Crippen molar-refractivity contribution in [3.63, 3.8) is 0 Å². The van der Waals surface area contributed by atoms with Gasteiger partial charge in [0.2, 0.25) is 15.9 Å². The van der Waals surface area contributed by atoms with E-state index in [2.05, 4.69) is 15.9 Å². The van der Waals surface area contributed by atoms with E-state index in [1.165, 1.54) is 40.8 Å².